The lowest BCUT2D eigenvalue weighted by Gasteiger charge is -2.34. The van der Waals surface area contributed by atoms with E-state index in [2.05, 4.69) is 41.4 Å². The van der Waals surface area contributed by atoms with Crippen molar-refractivity contribution >= 4 is 0 Å². The zero-order valence-electron chi connectivity index (χ0n) is 14.2. The van der Waals surface area contributed by atoms with Gasteiger partial charge in [-0.25, -0.2) is 0 Å². The van der Waals surface area contributed by atoms with Crippen LogP contribution in [0.1, 0.15) is 56.1 Å². The third kappa shape index (κ3) is 4.82. The molecule has 1 aliphatic carbocycles. The number of rotatable bonds is 5. The van der Waals surface area contributed by atoms with Gasteiger partial charge < -0.3 is 5.32 Å². The number of piperidine rings is 1. The van der Waals surface area contributed by atoms with Crippen LogP contribution in [0, 0.1) is 12.8 Å². The fourth-order valence-electron chi connectivity index (χ4n) is 4.04. The first-order chi connectivity index (χ1) is 10.8. The van der Waals surface area contributed by atoms with E-state index in [0.717, 1.165) is 12.5 Å². The SMILES string of the molecule is Cc1ccc(CN2CCCC(NCC3CCCCC3)C2)cc1. The third-order valence-corrected chi connectivity index (χ3v) is 5.45. The van der Waals surface area contributed by atoms with Gasteiger partial charge in [-0.15, -0.1) is 0 Å². The lowest BCUT2D eigenvalue weighted by molar-refractivity contribution is 0.177. The molecule has 3 rings (SSSR count). The standard InChI is InChI=1S/C20H32N2/c1-17-9-11-19(12-10-17)15-22-13-5-8-20(16-22)21-14-18-6-3-2-4-7-18/h9-12,18,20-21H,2-8,13-16H2,1H3. The molecule has 2 nitrogen and oxygen atoms in total. The van der Waals surface area contributed by atoms with Crippen LogP contribution >= 0.6 is 0 Å². The molecule has 1 unspecified atom stereocenters. The summed E-state index contributed by atoms with van der Waals surface area (Å²) in [5, 5.41) is 3.87. The van der Waals surface area contributed by atoms with Gasteiger partial charge >= 0.3 is 0 Å². The normalized spacial score (nSPS) is 24.5. The van der Waals surface area contributed by atoms with Crippen LogP contribution in [-0.4, -0.2) is 30.6 Å². The van der Waals surface area contributed by atoms with Gasteiger partial charge in [-0.2, -0.15) is 0 Å². The molecule has 0 spiro atoms. The minimum Gasteiger partial charge on any atom is -0.312 e. The van der Waals surface area contributed by atoms with Crippen LogP contribution in [0.4, 0.5) is 0 Å². The van der Waals surface area contributed by atoms with E-state index in [4.69, 9.17) is 0 Å². The van der Waals surface area contributed by atoms with E-state index in [-0.39, 0.29) is 0 Å². The molecule has 1 saturated heterocycles. The van der Waals surface area contributed by atoms with Gasteiger partial charge in [0.2, 0.25) is 0 Å². The zero-order valence-corrected chi connectivity index (χ0v) is 14.2. The van der Waals surface area contributed by atoms with Crippen LogP contribution in [-0.2, 0) is 6.54 Å². The molecule has 1 N–H and O–H groups in total. The lowest BCUT2D eigenvalue weighted by Crippen LogP contribution is -2.46. The largest absolute Gasteiger partial charge is 0.312 e. The van der Waals surface area contributed by atoms with E-state index in [9.17, 15) is 0 Å². The smallest absolute Gasteiger partial charge is 0.0234 e. The summed E-state index contributed by atoms with van der Waals surface area (Å²) >= 11 is 0. The molecule has 122 valence electrons. The molecule has 2 aliphatic rings. The Hall–Kier alpha value is -0.860. The Morgan fingerprint density at radius 3 is 2.55 bits per heavy atom. The summed E-state index contributed by atoms with van der Waals surface area (Å²) in [7, 11) is 0. The zero-order chi connectivity index (χ0) is 15.2. The van der Waals surface area contributed by atoms with Gasteiger partial charge in [0, 0.05) is 19.1 Å². The van der Waals surface area contributed by atoms with Crippen molar-refractivity contribution in [3.63, 3.8) is 0 Å². The Balaban J connectivity index is 1.43. The Morgan fingerprint density at radius 1 is 1.00 bits per heavy atom. The van der Waals surface area contributed by atoms with Crippen molar-refractivity contribution in [2.75, 3.05) is 19.6 Å². The number of nitrogens with one attached hydrogen (secondary N) is 1. The van der Waals surface area contributed by atoms with Gasteiger partial charge in [-0.1, -0.05) is 49.1 Å². The van der Waals surface area contributed by atoms with Crippen LogP contribution in [0.15, 0.2) is 24.3 Å². The summed E-state index contributed by atoms with van der Waals surface area (Å²) in [5.41, 5.74) is 2.81. The lowest BCUT2D eigenvalue weighted by atomic mass is 9.89. The van der Waals surface area contributed by atoms with Gasteiger partial charge in [0.15, 0.2) is 0 Å². The molecule has 1 heterocycles. The number of hydrogen-bond donors (Lipinski definition) is 1. The van der Waals surface area contributed by atoms with Crippen molar-refractivity contribution in [1.29, 1.82) is 0 Å². The highest BCUT2D eigenvalue weighted by molar-refractivity contribution is 5.21. The van der Waals surface area contributed by atoms with E-state index >= 15 is 0 Å². The van der Waals surface area contributed by atoms with Crippen LogP contribution in [0.5, 0.6) is 0 Å². The summed E-state index contributed by atoms with van der Waals surface area (Å²) in [6, 6.07) is 9.75. The molecular weight excluding hydrogens is 268 g/mol. The molecule has 1 aliphatic heterocycles. The molecule has 0 aromatic heterocycles. The number of nitrogens with zero attached hydrogens (tertiary/aromatic N) is 1. The molecule has 0 bridgehead atoms. The van der Waals surface area contributed by atoms with Crippen LogP contribution in [0.25, 0.3) is 0 Å². The predicted molar refractivity (Wildman–Crippen MR) is 94.1 cm³/mol. The van der Waals surface area contributed by atoms with Gasteiger partial charge in [0.05, 0.1) is 0 Å². The van der Waals surface area contributed by atoms with Crippen molar-refractivity contribution < 1.29 is 0 Å². The van der Waals surface area contributed by atoms with E-state index in [1.807, 2.05) is 0 Å². The Morgan fingerprint density at radius 2 is 1.77 bits per heavy atom. The minimum atomic E-state index is 0.709. The van der Waals surface area contributed by atoms with E-state index < -0.39 is 0 Å². The highest BCUT2D eigenvalue weighted by Gasteiger charge is 2.21. The number of likely N-dealkylation sites (tertiary alicyclic amines) is 1. The summed E-state index contributed by atoms with van der Waals surface area (Å²) in [6.07, 6.45) is 9.97. The second-order valence-corrected chi connectivity index (χ2v) is 7.47. The summed E-state index contributed by atoms with van der Waals surface area (Å²) in [5.74, 6) is 0.946. The van der Waals surface area contributed by atoms with Gasteiger partial charge in [-0.05, 0) is 57.2 Å². The van der Waals surface area contributed by atoms with Crippen molar-refractivity contribution in [3.05, 3.63) is 35.4 Å². The number of aryl methyl sites for hydroxylation is 1. The highest BCUT2D eigenvalue weighted by Crippen LogP contribution is 2.23. The van der Waals surface area contributed by atoms with Crippen molar-refractivity contribution in [3.8, 4) is 0 Å². The van der Waals surface area contributed by atoms with E-state index in [1.165, 1.54) is 75.7 Å². The average molecular weight is 300 g/mol. The average Bonchev–Trinajstić information content (AvgIpc) is 2.57. The highest BCUT2D eigenvalue weighted by atomic mass is 15.2. The molecule has 1 atom stereocenters. The fraction of sp³-hybridized carbons (Fsp3) is 0.700. The second-order valence-electron chi connectivity index (χ2n) is 7.47. The van der Waals surface area contributed by atoms with Crippen molar-refractivity contribution in [1.82, 2.24) is 10.2 Å². The monoisotopic (exact) mass is 300 g/mol. The van der Waals surface area contributed by atoms with Crippen molar-refractivity contribution in [2.45, 2.75) is 64.5 Å². The summed E-state index contributed by atoms with van der Waals surface area (Å²) in [4.78, 5) is 2.63. The van der Waals surface area contributed by atoms with Crippen LogP contribution in [0.3, 0.4) is 0 Å². The maximum Gasteiger partial charge on any atom is 0.0234 e. The third-order valence-electron chi connectivity index (χ3n) is 5.45. The number of benzene rings is 1. The fourth-order valence-corrected chi connectivity index (χ4v) is 4.04. The van der Waals surface area contributed by atoms with E-state index in [1.54, 1.807) is 0 Å². The molecule has 2 heteroatoms. The minimum absolute atomic E-state index is 0.709. The quantitative estimate of drug-likeness (QED) is 0.879. The summed E-state index contributed by atoms with van der Waals surface area (Å²) in [6.45, 7) is 7.01. The Labute approximate surface area is 136 Å². The van der Waals surface area contributed by atoms with Crippen molar-refractivity contribution in [2.24, 2.45) is 5.92 Å². The van der Waals surface area contributed by atoms with Gasteiger partial charge in [0.1, 0.15) is 0 Å². The number of hydrogen-bond acceptors (Lipinski definition) is 2. The molecule has 2 fully saturated rings. The molecule has 0 radical (unpaired) electrons. The second kappa shape index (κ2) is 8.12. The first kappa shape index (κ1) is 16.0. The summed E-state index contributed by atoms with van der Waals surface area (Å²) < 4.78 is 0. The first-order valence-corrected chi connectivity index (χ1v) is 9.31. The van der Waals surface area contributed by atoms with Gasteiger partial charge in [0.25, 0.3) is 0 Å². The Kier molecular flexibility index (Phi) is 5.91. The maximum absolute atomic E-state index is 3.87. The molecule has 1 saturated carbocycles. The van der Waals surface area contributed by atoms with E-state index in [0.29, 0.717) is 6.04 Å². The van der Waals surface area contributed by atoms with Crippen LogP contribution in [0.2, 0.25) is 0 Å². The molecule has 1 aromatic carbocycles. The topological polar surface area (TPSA) is 15.3 Å². The molecular formula is C20H32N2. The predicted octanol–water partition coefficient (Wildman–Crippen LogP) is 4.13. The molecule has 22 heavy (non-hydrogen) atoms. The first-order valence-electron chi connectivity index (χ1n) is 9.31. The Bertz CT molecular complexity index is 434. The van der Waals surface area contributed by atoms with Gasteiger partial charge in [-0.3, -0.25) is 4.90 Å². The maximum atomic E-state index is 3.87. The molecule has 1 aromatic rings. The molecule has 0 amide bonds. The van der Waals surface area contributed by atoms with Crippen LogP contribution < -0.4 is 5.32 Å².